The summed E-state index contributed by atoms with van der Waals surface area (Å²) >= 11 is 1.83. The maximum absolute atomic E-state index is 6.72. The molecule has 10 aromatic rings. The topological polar surface area (TPSA) is 51.8 Å². The van der Waals surface area contributed by atoms with Crippen molar-refractivity contribution in [2.45, 2.75) is 0 Å². The summed E-state index contributed by atoms with van der Waals surface area (Å²) in [6.07, 6.45) is 3.64. The van der Waals surface area contributed by atoms with E-state index in [0.717, 1.165) is 72.3 Å². The molecule has 0 saturated carbocycles. The molecule has 50 heavy (non-hydrogen) atoms. The van der Waals surface area contributed by atoms with E-state index in [1.165, 1.54) is 20.2 Å². The molecule has 0 fully saturated rings. The minimum absolute atomic E-state index is 0.674. The number of para-hydroxylation sites is 1. The third kappa shape index (κ3) is 4.79. The second-order valence-electron chi connectivity index (χ2n) is 12.4. The highest BCUT2D eigenvalue weighted by molar-refractivity contribution is 7.25. The number of pyridine rings is 1. The number of hydrogen-bond acceptors (Lipinski definition) is 5. The Morgan fingerprint density at radius 1 is 0.440 bits per heavy atom. The Labute approximate surface area is 292 Å². The fourth-order valence-corrected chi connectivity index (χ4v) is 8.16. The molecule has 4 nitrogen and oxygen atoms in total. The van der Waals surface area contributed by atoms with E-state index in [0.29, 0.717) is 5.82 Å². The highest BCUT2D eigenvalue weighted by atomic mass is 32.1. The van der Waals surface area contributed by atoms with Gasteiger partial charge in [0.25, 0.3) is 0 Å². The van der Waals surface area contributed by atoms with Crippen molar-refractivity contribution in [3.8, 4) is 56.2 Å². The third-order valence-corrected chi connectivity index (χ3v) is 10.6. The molecule has 0 N–H and O–H groups in total. The molecule has 0 saturated heterocycles. The van der Waals surface area contributed by atoms with Gasteiger partial charge in [0.15, 0.2) is 5.82 Å². The first kappa shape index (κ1) is 28.6. The maximum Gasteiger partial charge on any atom is 0.160 e. The molecule has 0 radical (unpaired) electrons. The molecular formula is C45H27N3OS. The van der Waals surface area contributed by atoms with E-state index in [1.807, 2.05) is 66.2 Å². The molecule has 0 spiro atoms. The third-order valence-electron chi connectivity index (χ3n) is 9.42. The van der Waals surface area contributed by atoms with Crippen LogP contribution in [0.4, 0.5) is 0 Å². The van der Waals surface area contributed by atoms with Gasteiger partial charge in [0.1, 0.15) is 11.2 Å². The van der Waals surface area contributed by atoms with E-state index in [9.17, 15) is 0 Å². The van der Waals surface area contributed by atoms with Crippen LogP contribution in [-0.2, 0) is 0 Å². The van der Waals surface area contributed by atoms with Crippen molar-refractivity contribution < 1.29 is 4.42 Å². The van der Waals surface area contributed by atoms with Crippen molar-refractivity contribution in [3.63, 3.8) is 0 Å². The predicted molar refractivity (Wildman–Crippen MR) is 207 cm³/mol. The second kappa shape index (κ2) is 11.6. The summed E-state index contributed by atoms with van der Waals surface area (Å²) in [6.45, 7) is 0. The van der Waals surface area contributed by atoms with Gasteiger partial charge < -0.3 is 4.42 Å². The Bertz CT molecular complexity index is 2870. The summed E-state index contributed by atoms with van der Waals surface area (Å²) < 4.78 is 9.28. The minimum Gasteiger partial charge on any atom is -0.455 e. The molecular weight excluding hydrogens is 631 g/mol. The standard InChI is InChI=1S/C45H27N3OS/c1-2-9-29(10-3-1)45-47-38(32-12-8-11-30(25-32)28-21-23-46-24-22-28)27-39(48-45)36-20-19-33(44-43(36)37-14-4-6-15-40(37)49-44)31-17-18-35-34-13-5-7-16-41(34)50-42(35)26-31/h1-27H. The molecule has 4 aromatic heterocycles. The summed E-state index contributed by atoms with van der Waals surface area (Å²) in [5.41, 5.74) is 10.8. The van der Waals surface area contributed by atoms with E-state index >= 15 is 0 Å². The number of rotatable bonds is 5. The van der Waals surface area contributed by atoms with Crippen LogP contribution in [-0.4, -0.2) is 15.0 Å². The van der Waals surface area contributed by atoms with Crippen LogP contribution in [0.2, 0.25) is 0 Å². The number of hydrogen-bond donors (Lipinski definition) is 0. The first-order chi connectivity index (χ1) is 24.8. The first-order valence-corrected chi connectivity index (χ1v) is 17.4. The van der Waals surface area contributed by atoms with Crippen LogP contribution in [0, 0.1) is 0 Å². The lowest BCUT2D eigenvalue weighted by Crippen LogP contribution is -1.96. The van der Waals surface area contributed by atoms with Crippen molar-refractivity contribution in [2.75, 3.05) is 0 Å². The zero-order valence-corrected chi connectivity index (χ0v) is 27.6. The van der Waals surface area contributed by atoms with Crippen molar-refractivity contribution in [1.29, 1.82) is 0 Å². The highest BCUT2D eigenvalue weighted by Crippen LogP contribution is 2.44. The number of nitrogens with zero attached hydrogens (tertiary/aromatic N) is 3. The van der Waals surface area contributed by atoms with E-state index in [-0.39, 0.29) is 0 Å². The molecule has 0 atom stereocenters. The van der Waals surface area contributed by atoms with Crippen molar-refractivity contribution in [3.05, 3.63) is 164 Å². The van der Waals surface area contributed by atoms with Crippen molar-refractivity contribution in [2.24, 2.45) is 0 Å². The molecule has 0 unspecified atom stereocenters. The van der Waals surface area contributed by atoms with Crippen molar-refractivity contribution in [1.82, 2.24) is 15.0 Å². The molecule has 0 aliphatic heterocycles. The van der Waals surface area contributed by atoms with Gasteiger partial charge in [0.2, 0.25) is 0 Å². The Morgan fingerprint density at radius 3 is 2.06 bits per heavy atom. The lowest BCUT2D eigenvalue weighted by Gasteiger charge is -2.12. The van der Waals surface area contributed by atoms with Crippen molar-refractivity contribution >= 4 is 53.4 Å². The Morgan fingerprint density at radius 2 is 1.16 bits per heavy atom. The maximum atomic E-state index is 6.72. The van der Waals surface area contributed by atoms with Crippen LogP contribution in [0.25, 0.3) is 98.3 Å². The molecule has 5 heteroatoms. The fraction of sp³-hybridized carbons (Fsp3) is 0. The number of aromatic nitrogens is 3. The van der Waals surface area contributed by atoms with Crippen LogP contribution in [0.3, 0.4) is 0 Å². The summed E-state index contributed by atoms with van der Waals surface area (Å²) in [7, 11) is 0. The van der Waals surface area contributed by atoms with Gasteiger partial charge in [-0.05, 0) is 65.2 Å². The second-order valence-corrected chi connectivity index (χ2v) is 13.5. The number of furan rings is 1. The van der Waals surface area contributed by atoms with Crippen LogP contribution >= 0.6 is 11.3 Å². The molecule has 0 aliphatic carbocycles. The van der Waals surface area contributed by atoms with E-state index in [2.05, 4.69) is 114 Å². The lowest BCUT2D eigenvalue weighted by molar-refractivity contribution is 0.670. The normalized spacial score (nSPS) is 11.6. The average molecular weight is 658 g/mol. The van der Waals surface area contributed by atoms with Gasteiger partial charge in [-0.25, -0.2) is 9.97 Å². The molecule has 10 rings (SSSR count). The lowest BCUT2D eigenvalue weighted by atomic mass is 9.95. The van der Waals surface area contributed by atoms with Gasteiger partial charge in [0, 0.05) is 65.6 Å². The fourth-order valence-electron chi connectivity index (χ4n) is 7.01. The first-order valence-electron chi connectivity index (χ1n) is 16.6. The van der Waals surface area contributed by atoms with Gasteiger partial charge in [-0.15, -0.1) is 11.3 Å². The largest absolute Gasteiger partial charge is 0.455 e. The summed E-state index contributed by atoms with van der Waals surface area (Å²) in [5, 5.41) is 4.68. The summed E-state index contributed by atoms with van der Waals surface area (Å²) in [5.74, 6) is 0.674. The molecule has 6 aromatic carbocycles. The molecule has 0 aliphatic rings. The molecule has 0 amide bonds. The van der Waals surface area contributed by atoms with Gasteiger partial charge in [-0.3, -0.25) is 4.98 Å². The zero-order valence-electron chi connectivity index (χ0n) is 26.7. The molecule has 234 valence electrons. The summed E-state index contributed by atoms with van der Waals surface area (Å²) in [6, 6.07) is 52.9. The van der Waals surface area contributed by atoms with Gasteiger partial charge in [-0.2, -0.15) is 0 Å². The van der Waals surface area contributed by atoms with E-state index in [4.69, 9.17) is 14.4 Å². The smallest absolute Gasteiger partial charge is 0.160 e. The highest BCUT2D eigenvalue weighted by Gasteiger charge is 2.20. The van der Waals surface area contributed by atoms with Crippen LogP contribution in [0.5, 0.6) is 0 Å². The van der Waals surface area contributed by atoms with Crippen LogP contribution in [0.1, 0.15) is 0 Å². The molecule has 4 heterocycles. The SMILES string of the molecule is c1ccc(-c2nc(-c3cccc(-c4ccncc4)c3)cc(-c3ccc(-c4ccc5c(c4)sc4ccccc45)c4oc5ccccc5c34)n2)cc1. The van der Waals surface area contributed by atoms with Gasteiger partial charge in [-0.1, -0.05) is 103 Å². The Hall–Kier alpha value is -6.43. The number of thiophene rings is 1. The number of benzene rings is 6. The molecule has 0 bridgehead atoms. The average Bonchev–Trinajstić information content (AvgIpc) is 3.77. The minimum atomic E-state index is 0.674. The van der Waals surface area contributed by atoms with E-state index in [1.54, 1.807) is 0 Å². The quantitative estimate of drug-likeness (QED) is 0.185. The Kier molecular flexibility index (Phi) is 6.64. The predicted octanol–water partition coefficient (Wildman–Crippen LogP) is 12.5. The summed E-state index contributed by atoms with van der Waals surface area (Å²) in [4.78, 5) is 14.6. The van der Waals surface area contributed by atoms with E-state index < -0.39 is 0 Å². The van der Waals surface area contributed by atoms with Gasteiger partial charge >= 0.3 is 0 Å². The monoisotopic (exact) mass is 657 g/mol. The van der Waals surface area contributed by atoms with Crippen LogP contribution < -0.4 is 0 Å². The van der Waals surface area contributed by atoms with Crippen LogP contribution in [0.15, 0.2) is 168 Å². The van der Waals surface area contributed by atoms with Gasteiger partial charge in [0.05, 0.1) is 11.4 Å². The Balaban J connectivity index is 1.20. The number of fused-ring (bicyclic) bond motifs is 6. The zero-order chi connectivity index (χ0) is 33.0.